The van der Waals surface area contributed by atoms with Crippen molar-refractivity contribution in [3.05, 3.63) is 29.5 Å². The largest absolute Gasteiger partial charge is 0.371 e. The highest BCUT2D eigenvalue weighted by atomic mass is 16.1. The topological polar surface area (TPSA) is 87.9 Å². The van der Waals surface area contributed by atoms with E-state index in [1.807, 2.05) is 12.1 Å². The number of primary amides is 1. The van der Waals surface area contributed by atoms with E-state index < -0.39 is 5.91 Å². The molecule has 0 aliphatic carbocycles. The zero-order valence-electron chi connectivity index (χ0n) is 11.4. The number of anilines is 1. The lowest BCUT2D eigenvalue weighted by Gasteiger charge is -2.20. The van der Waals surface area contributed by atoms with Gasteiger partial charge in [-0.25, -0.2) is 0 Å². The van der Waals surface area contributed by atoms with Gasteiger partial charge in [0.15, 0.2) is 5.69 Å². The molecule has 6 nitrogen and oxygen atoms in total. The molecule has 0 radical (unpaired) electrons. The lowest BCUT2D eigenvalue weighted by Crippen LogP contribution is -2.18. The van der Waals surface area contributed by atoms with E-state index in [1.54, 1.807) is 0 Å². The smallest absolute Gasteiger partial charge is 0.271 e. The Hall–Kier alpha value is -2.37. The van der Waals surface area contributed by atoms with Gasteiger partial charge in [0.2, 0.25) is 0 Å². The Bertz CT molecular complexity index is 643. The minimum absolute atomic E-state index is 0.179. The summed E-state index contributed by atoms with van der Waals surface area (Å²) in [6, 6.07) is 6.07. The first kappa shape index (κ1) is 12.7. The van der Waals surface area contributed by atoms with Gasteiger partial charge in [0, 0.05) is 24.3 Å². The van der Waals surface area contributed by atoms with Crippen molar-refractivity contribution in [2.45, 2.75) is 19.8 Å². The first-order valence-corrected chi connectivity index (χ1v) is 6.73. The SMILES string of the molecule is Cc1cc(-c2n[nH]nc2C(N)=O)ccc1N1CCCC1. The van der Waals surface area contributed by atoms with Gasteiger partial charge in [-0.15, -0.1) is 0 Å². The number of aryl methyl sites for hydroxylation is 1. The number of rotatable bonds is 3. The molecule has 1 fully saturated rings. The van der Waals surface area contributed by atoms with Crippen molar-refractivity contribution in [1.29, 1.82) is 0 Å². The summed E-state index contributed by atoms with van der Waals surface area (Å²) in [6.07, 6.45) is 2.49. The van der Waals surface area contributed by atoms with Crippen molar-refractivity contribution in [3.8, 4) is 11.3 Å². The standard InChI is InChI=1S/C14H17N5O/c1-9-8-10(12-13(14(15)20)17-18-16-12)4-5-11(9)19-6-2-3-7-19/h4-5,8H,2-3,6-7H2,1H3,(H2,15,20)(H,16,17,18). The molecule has 104 valence electrons. The van der Waals surface area contributed by atoms with Crippen molar-refractivity contribution in [1.82, 2.24) is 15.4 Å². The second-order valence-electron chi connectivity index (χ2n) is 5.08. The van der Waals surface area contributed by atoms with Crippen LogP contribution in [0.2, 0.25) is 0 Å². The molecule has 0 spiro atoms. The molecule has 0 saturated carbocycles. The number of aromatic amines is 1. The summed E-state index contributed by atoms with van der Waals surface area (Å²) in [7, 11) is 0. The van der Waals surface area contributed by atoms with Crippen molar-refractivity contribution in [2.75, 3.05) is 18.0 Å². The molecule has 1 aromatic carbocycles. The first-order chi connectivity index (χ1) is 9.66. The molecular formula is C14H17N5O. The van der Waals surface area contributed by atoms with Crippen LogP contribution in [0.3, 0.4) is 0 Å². The first-order valence-electron chi connectivity index (χ1n) is 6.73. The zero-order chi connectivity index (χ0) is 14.1. The third-order valence-electron chi connectivity index (χ3n) is 3.70. The van der Waals surface area contributed by atoms with Crippen molar-refractivity contribution in [2.24, 2.45) is 5.73 Å². The van der Waals surface area contributed by atoms with E-state index in [9.17, 15) is 4.79 Å². The molecule has 0 unspecified atom stereocenters. The molecule has 1 amide bonds. The third-order valence-corrected chi connectivity index (χ3v) is 3.70. The van der Waals surface area contributed by atoms with Crippen LogP contribution in [-0.2, 0) is 0 Å². The summed E-state index contributed by atoms with van der Waals surface area (Å²) in [5.74, 6) is -0.574. The van der Waals surface area contributed by atoms with E-state index in [0.717, 1.165) is 18.7 Å². The number of carbonyl (C=O) groups excluding carboxylic acids is 1. The fraction of sp³-hybridized carbons (Fsp3) is 0.357. The van der Waals surface area contributed by atoms with Crippen molar-refractivity contribution < 1.29 is 4.79 Å². The van der Waals surface area contributed by atoms with Crippen LogP contribution in [0, 0.1) is 6.92 Å². The summed E-state index contributed by atoms with van der Waals surface area (Å²) in [4.78, 5) is 13.7. The Morgan fingerprint density at radius 3 is 2.70 bits per heavy atom. The molecule has 6 heteroatoms. The van der Waals surface area contributed by atoms with Gasteiger partial charge in [-0.2, -0.15) is 15.4 Å². The average molecular weight is 271 g/mol. The second-order valence-corrected chi connectivity index (χ2v) is 5.08. The molecule has 1 aliphatic rings. The van der Waals surface area contributed by atoms with Gasteiger partial charge >= 0.3 is 0 Å². The average Bonchev–Trinajstić information content (AvgIpc) is 3.10. The lowest BCUT2D eigenvalue weighted by atomic mass is 10.0. The molecule has 2 aromatic rings. The van der Waals surface area contributed by atoms with Crippen LogP contribution in [0.4, 0.5) is 5.69 Å². The van der Waals surface area contributed by atoms with Crippen LogP contribution in [0.25, 0.3) is 11.3 Å². The second kappa shape index (κ2) is 4.96. The highest BCUT2D eigenvalue weighted by Gasteiger charge is 2.18. The minimum atomic E-state index is -0.574. The Balaban J connectivity index is 1.97. The van der Waals surface area contributed by atoms with E-state index >= 15 is 0 Å². The molecule has 0 atom stereocenters. The van der Waals surface area contributed by atoms with Gasteiger partial charge in [0.05, 0.1) is 0 Å². The van der Waals surface area contributed by atoms with Gasteiger partial charge in [-0.05, 0) is 37.5 Å². The number of hydrogen-bond donors (Lipinski definition) is 2. The molecule has 3 rings (SSSR count). The highest BCUT2D eigenvalue weighted by Crippen LogP contribution is 2.29. The Morgan fingerprint density at radius 1 is 1.30 bits per heavy atom. The number of H-pyrrole nitrogens is 1. The number of hydrogen-bond acceptors (Lipinski definition) is 4. The van der Waals surface area contributed by atoms with E-state index in [4.69, 9.17) is 5.73 Å². The molecular weight excluding hydrogens is 254 g/mol. The number of amides is 1. The van der Waals surface area contributed by atoms with Crippen LogP contribution in [0.15, 0.2) is 18.2 Å². The van der Waals surface area contributed by atoms with Gasteiger partial charge in [-0.1, -0.05) is 6.07 Å². The van der Waals surface area contributed by atoms with Gasteiger partial charge < -0.3 is 10.6 Å². The quantitative estimate of drug-likeness (QED) is 0.885. The molecule has 20 heavy (non-hydrogen) atoms. The summed E-state index contributed by atoms with van der Waals surface area (Å²) in [6.45, 7) is 4.29. The molecule has 1 aromatic heterocycles. The van der Waals surface area contributed by atoms with Crippen LogP contribution in [0.1, 0.15) is 28.9 Å². The summed E-state index contributed by atoms with van der Waals surface area (Å²) in [5.41, 5.74) is 9.25. The summed E-state index contributed by atoms with van der Waals surface area (Å²) in [5, 5.41) is 10.3. The molecule has 3 N–H and O–H groups in total. The molecule has 0 bridgehead atoms. The van der Waals surface area contributed by atoms with Gasteiger partial charge in [-0.3, -0.25) is 4.79 Å². The third kappa shape index (κ3) is 2.13. The van der Waals surface area contributed by atoms with Crippen LogP contribution in [-0.4, -0.2) is 34.4 Å². The van der Waals surface area contributed by atoms with E-state index in [0.29, 0.717) is 5.69 Å². The van der Waals surface area contributed by atoms with Crippen LogP contribution in [0.5, 0.6) is 0 Å². The fourth-order valence-corrected chi connectivity index (χ4v) is 2.72. The molecule has 2 heterocycles. The van der Waals surface area contributed by atoms with Crippen LogP contribution < -0.4 is 10.6 Å². The fourth-order valence-electron chi connectivity index (χ4n) is 2.72. The molecule has 1 saturated heterocycles. The Morgan fingerprint density at radius 2 is 2.05 bits per heavy atom. The number of carbonyl (C=O) groups is 1. The normalized spacial score (nSPS) is 14.8. The summed E-state index contributed by atoms with van der Waals surface area (Å²) < 4.78 is 0. The van der Waals surface area contributed by atoms with E-state index in [2.05, 4.69) is 33.3 Å². The monoisotopic (exact) mass is 271 g/mol. The maximum Gasteiger partial charge on any atom is 0.271 e. The predicted octanol–water partition coefficient (Wildman–Crippen LogP) is 1.48. The minimum Gasteiger partial charge on any atom is -0.371 e. The van der Waals surface area contributed by atoms with Gasteiger partial charge in [0.25, 0.3) is 5.91 Å². The number of aromatic nitrogens is 3. The predicted molar refractivity (Wildman–Crippen MR) is 76.5 cm³/mol. The van der Waals surface area contributed by atoms with Crippen molar-refractivity contribution in [3.63, 3.8) is 0 Å². The number of nitrogens with zero attached hydrogens (tertiary/aromatic N) is 3. The molecule has 1 aliphatic heterocycles. The summed E-state index contributed by atoms with van der Waals surface area (Å²) >= 11 is 0. The van der Waals surface area contributed by atoms with E-state index in [1.165, 1.54) is 24.1 Å². The van der Waals surface area contributed by atoms with Crippen molar-refractivity contribution >= 4 is 11.6 Å². The number of nitrogens with one attached hydrogen (secondary N) is 1. The van der Waals surface area contributed by atoms with Gasteiger partial charge in [0.1, 0.15) is 5.69 Å². The lowest BCUT2D eigenvalue weighted by molar-refractivity contribution is 0.0996. The zero-order valence-corrected chi connectivity index (χ0v) is 11.4. The van der Waals surface area contributed by atoms with Crippen LogP contribution >= 0.6 is 0 Å². The number of nitrogens with two attached hydrogens (primary N) is 1. The van der Waals surface area contributed by atoms with E-state index in [-0.39, 0.29) is 5.69 Å². The maximum atomic E-state index is 11.3. The maximum absolute atomic E-state index is 11.3. The highest BCUT2D eigenvalue weighted by molar-refractivity contribution is 5.96. The number of benzene rings is 1. The Labute approximate surface area is 117 Å². The Kier molecular flexibility index (Phi) is 3.14.